The minimum Gasteiger partial charge on any atom is -0.477 e. The highest BCUT2D eigenvalue weighted by Gasteiger charge is 2.27. The largest absolute Gasteiger partial charge is 0.477 e. The molecule has 0 saturated carbocycles. The molecule has 4 aromatic heterocycles. The standard InChI is InChI=1S/C23H21F3N6O2/c1-15-10-17(12-29-22(15)34-9-5-23(24,25)26)13-32-14-18-19(31-32)4-8-28-21(18)30-20(33)11-16-2-6-27-7-3-16/h2-4,6-8,10,12,14H,5,9,11,13H2,1H3,(H,28,30,33). The molecule has 0 atom stereocenters. The van der Waals surface area contributed by atoms with E-state index in [1.165, 1.54) is 6.20 Å². The highest BCUT2D eigenvalue weighted by atomic mass is 19.4. The first kappa shape index (κ1) is 23.1. The number of hydrogen-bond acceptors (Lipinski definition) is 6. The minimum absolute atomic E-state index is 0.169. The van der Waals surface area contributed by atoms with Crippen LogP contribution < -0.4 is 10.1 Å². The molecule has 0 bridgehead atoms. The number of hydrogen-bond donors (Lipinski definition) is 1. The summed E-state index contributed by atoms with van der Waals surface area (Å²) < 4.78 is 43.8. The molecule has 0 spiro atoms. The van der Waals surface area contributed by atoms with Gasteiger partial charge in [0.15, 0.2) is 0 Å². The average molecular weight is 470 g/mol. The Hall–Kier alpha value is -4.02. The topological polar surface area (TPSA) is 94.8 Å². The first-order valence-electron chi connectivity index (χ1n) is 10.4. The van der Waals surface area contributed by atoms with Gasteiger partial charge in [0.1, 0.15) is 5.82 Å². The van der Waals surface area contributed by atoms with E-state index in [2.05, 4.69) is 25.4 Å². The van der Waals surface area contributed by atoms with Crippen molar-refractivity contribution in [3.63, 3.8) is 0 Å². The molecule has 0 radical (unpaired) electrons. The van der Waals surface area contributed by atoms with E-state index in [0.717, 1.165) is 11.1 Å². The van der Waals surface area contributed by atoms with Crippen LogP contribution in [0.25, 0.3) is 10.9 Å². The number of nitrogens with zero attached hydrogens (tertiary/aromatic N) is 5. The van der Waals surface area contributed by atoms with Crippen LogP contribution in [0.5, 0.6) is 5.88 Å². The van der Waals surface area contributed by atoms with Crippen LogP contribution in [0.2, 0.25) is 0 Å². The van der Waals surface area contributed by atoms with Gasteiger partial charge in [-0.3, -0.25) is 14.5 Å². The number of halogens is 3. The van der Waals surface area contributed by atoms with Crippen molar-refractivity contribution in [2.45, 2.75) is 32.5 Å². The SMILES string of the molecule is Cc1cc(Cn2cc3c(NC(=O)Cc4ccncc4)nccc3n2)cnc1OCCC(F)(F)F. The molecule has 1 amide bonds. The van der Waals surface area contributed by atoms with Gasteiger partial charge in [0.2, 0.25) is 11.8 Å². The van der Waals surface area contributed by atoms with Crippen molar-refractivity contribution >= 4 is 22.6 Å². The van der Waals surface area contributed by atoms with E-state index in [1.807, 2.05) is 0 Å². The fourth-order valence-electron chi connectivity index (χ4n) is 3.35. The number of carbonyl (C=O) groups excluding carboxylic acids is 1. The second-order valence-electron chi connectivity index (χ2n) is 7.68. The molecule has 4 aromatic rings. The number of carbonyl (C=O) groups is 1. The second kappa shape index (κ2) is 9.86. The summed E-state index contributed by atoms with van der Waals surface area (Å²) in [5, 5.41) is 8.03. The van der Waals surface area contributed by atoms with Crippen LogP contribution in [0.4, 0.5) is 19.0 Å². The van der Waals surface area contributed by atoms with E-state index < -0.39 is 19.2 Å². The van der Waals surface area contributed by atoms with Gasteiger partial charge in [-0.15, -0.1) is 0 Å². The molecule has 0 unspecified atom stereocenters. The van der Waals surface area contributed by atoms with Crippen LogP contribution in [-0.2, 0) is 17.8 Å². The second-order valence-corrected chi connectivity index (χ2v) is 7.68. The maximum atomic E-state index is 12.4. The molecule has 0 aromatic carbocycles. The zero-order valence-electron chi connectivity index (χ0n) is 18.2. The Labute approximate surface area is 192 Å². The minimum atomic E-state index is -4.28. The number of anilines is 1. The molecule has 0 fully saturated rings. The van der Waals surface area contributed by atoms with Crippen LogP contribution in [0.15, 0.2) is 55.2 Å². The van der Waals surface area contributed by atoms with Gasteiger partial charge in [0.25, 0.3) is 0 Å². The molecular weight excluding hydrogens is 449 g/mol. The van der Waals surface area contributed by atoms with Crippen molar-refractivity contribution in [2.75, 3.05) is 11.9 Å². The van der Waals surface area contributed by atoms with E-state index >= 15 is 0 Å². The van der Waals surface area contributed by atoms with E-state index in [0.29, 0.717) is 28.8 Å². The molecule has 8 nitrogen and oxygen atoms in total. The highest BCUT2D eigenvalue weighted by molar-refractivity contribution is 5.99. The first-order valence-corrected chi connectivity index (χ1v) is 10.4. The monoisotopic (exact) mass is 470 g/mol. The lowest BCUT2D eigenvalue weighted by atomic mass is 10.2. The number of rotatable bonds is 8. The number of nitrogens with one attached hydrogen (secondary N) is 1. The summed E-state index contributed by atoms with van der Waals surface area (Å²) in [6, 6.07) is 7.08. The third-order valence-corrected chi connectivity index (χ3v) is 4.91. The summed E-state index contributed by atoms with van der Waals surface area (Å²) in [4.78, 5) is 24.8. The zero-order chi connectivity index (χ0) is 24.1. The van der Waals surface area contributed by atoms with Crippen molar-refractivity contribution < 1.29 is 22.7 Å². The molecule has 1 N–H and O–H groups in total. The Morgan fingerprint density at radius 2 is 1.91 bits per heavy atom. The van der Waals surface area contributed by atoms with Crippen molar-refractivity contribution in [2.24, 2.45) is 0 Å². The number of ether oxygens (including phenoxy) is 1. The fraction of sp³-hybridized carbons (Fsp3) is 0.261. The van der Waals surface area contributed by atoms with Crippen LogP contribution in [0, 0.1) is 6.92 Å². The van der Waals surface area contributed by atoms with Crippen LogP contribution in [-0.4, -0.2) is 43.4 Å². The Bertz CT molecular complexity index is 1290. The van der Waals surface area contributed by atoms with E-state index in [1.54, 1.807) is 60.7 Å². The van der Waals surface area contributed by atoms with Gasteiger partial charge in [0, 0.05) is 36.5 Å². The lowest BCUT2D eigenvalue weighted by Gasteiger charge is -2.11. The predicted octanol–water partition coefficient (Wildman–Crippen LogP) is 4.09. The van der Waals surface area contributed by atoms with Crippen LogP contribution in [0.1, 0.15) is 23.1 Å². The van der Waals surface area contributed by atoms with Crippen LogP contribution in [0.3, 0.4) is 0 Å². The summed E-state index contributed by atoms with van der Waals surface area (Å²) >= 11 is 0. The normalized spacial score (nSPS) is 11.5. The zero-order valence-corrected chi connectivity index (χ0v) is 18.2. The van der Waals surface area contributed by atoms with Crippen molar-refractivity contribution in [1.29, 1.82) is 0 Å². The number of aromatic nitrogens is 5. The van der Waals surface area contributed by atoms with Crippen molar-refractivity contribution in [3.8, 4) is 5.88 Å². The van der Waals surface area contributed by atoms with Gasteiger partial charge in [-0.1, -0.05) is 0 Å². The van der Waals surface area contributed by atoms with Gasteiger partial charge in [0.05, 0.1) is 36.9 Å². The molecule has 0 aliphatic heterocycles. The van der Waals surface area contributed by atoms with E-state index in [9.17, 15) is 18.0 Å². The molecule has 0 saturated heterocycles. The molecule has 4 heterocycles. The molecule has 11 heteroatoms. The summed E-state index contributed by atoms with van der Waals surface area (Å²) in [6.45, 7) is 1.61. The lowest BCUT2D eigenvalue weighted by molar-refractivity contribution is -0.139. The van der Waals surface area contributed by atoms with Crippen LogP contribution >= 0.6 is 0 Å². The summed E-state index contributed by atoms with van der Waals surface area (Å²) in [5.41, 5.74) is 2.92. The van der Waals surface area contributed by atoms with Gasteiger partial charge >= 0.3 is 6.18 Å². The predicted molar refractivity (Wildman–Crippen MR) is 118 cm³/mol. The maximum Gasteiger partial charge on any atom is 0.392 e. The fourth-order valence-corrected chi connectivity index (χ4v) is 3.35. The molecule has 34 heavy (non-hydrogen) atoms. The summed E-state index contributed by atoms with van der Waals surface area (Å²) in [5.74, 6) is 0.368. The quantitative estimate of drug-likeness (QED) is 0.417. The van der Waals surface area contributed by atoms with Crippen molar-refractivity contribution in [3.05, 3.63) is 71.9 Å². The number of pyridine rings is 3. The summed E-state index contributed by atoms with van der Waals surface area (Å²) in [6.07, 6.45) is 3.02. The Morgan fingerprint density at radius 3 is 2.65 bits per heavy atom. The summed E-state index contributed by atoms with van der Waals surface area (Å²) in [7, 11) is 0. The third kappa shape index (κ3) is 6.06. The van der Waals surface area contributed by atoms with Gasteiger partial charge in [-0.05, 0) is 42.3 Å². The lowest BCUT2D eigenvalue weighted by Crippen LogP contribution is -2.15. The maximum absolute atomic E-state index is 12.4. The average Bonchev–Trinajstić information content (AvgIpc) is 3.18. The van der Waals surface area contributed by atoms with E-state index in [4.69, 9.17) is 4.74 Å². The Morgan fingerprint density at radius 1 is 1.12 bits per heavy atom. The Kier molecular flexibility index (Phi) is 6.71. The van der Waals surface area contributed by atoms with Crippen molar-refractivity contribution in [1.82, 2.24) is 24.7 Å². The number of fused-ring (bicyclic) bond motifs is 1. The Balaban J connectivity index is 1.44. The highest BCUT2D eigenvalue weighted by Crippen LogP contribution is 2.23. The number of alkyl halides is 3. The first-order chi connectivity index (χ1) is 16.3. The smallest absolute Gasteiger partial charge is 0.392 e. The third-order valence-electron chi connectivity index (χ3n) is 4.91. The number of amides is 1. The molecule has 0 aliphatic rings. The van der Waals surface area contributed by atoms with Gasteiger partial charge in [-0.25, -0.2) is 9.97 Å². The molecule has 4 rings (SSSR count). The molecule has 176 valence electrons. The van der Waals surface area contributed by atoms with E-state index in [-0.39, 0.29) is 18.2 Å². The number of aryl methyl sites for hydroxylation is 1. The molecule has 0 aliphatic carbocycles. The van der Waals surface area contributed by atoms with Gasteiger partial charge < -0.3 is 10.1 Å². The molecular formula is C23H21F3N6O2. The van der Waals surface area contributed by atoms with Gasteiger partial charge in [-0.2, -0.15) is 18.3 Å².